The van der Waals surface area contributed by atoms with E-state index in [0.29, 0.717) is 37.3 Å². The molecule has 4 rings (SSSR count). The Morgan fingerprint density at radius 1 is 1.10 bits per heavy atom. The van der Waals surface area contributed by atoms with E-state index in [1.165, 1.54) is 12.1 Å². The van der Waals surface area contributed by atoms with Gasteiger partial charge in [0.05, 0.1) is 11.3 Å². The van der Waals surface area contributed by atoms with Gasteiger partial charge in [0.2, 0.25) is 0 Å². The second-order valence-electron chi connectivity index (χ2n) is 7.43. The van der Waals surface area contributed by atoms with Crippen molar-refractivity contribution in [2.75, 3.05) is 13.1 Å². The largest absolute Gasteiger partial charge is 0.487 e. The van der Waals surface area contributed by atoms with Crippen LogP contribution in [0.25, 0.3) is 5.82 Å². The molecule has 0 unspecified atom stereocenters. The minimum Gasteiger partial charge on any atom is -0.487 e. The van der Waals surface area contributed by atoms with Crippen molar-refractivity contribution in [2.24, 2.45) is 0 Å². The highest BCUT2D eigenvalue weighted by Crippen LogP contribution is 2.23. The van der Waals surface area contributed by atoms with Crippen molar-refractivity contribution in [3.05, 3.63) is 71.2 Å². The molecule has 1 fully saturated rings. The molecule has 0 aliphatic carbocycles. The molecule has 1 aliphatic rings. The smallest absolute Gasteiger partial charge is 0.255 e. The summed E-state index contributed by atoms with van der Waals surface area (Å²) in [6, 6.07) is 8.75. The van der Waals surface area contributed by atoms with E-state index in [9.17, 15) is 13.6 Å². The summed E-state index contributed by atoms with van der Waals surface area (Å²) >= 11 is 0. The lowest BCUT2D eigenvalue weighted by Crippen LogP contribution is -2.41. The molecule has 1 aromatic carbocycles. The van der Waals surface area contributed by atoms with E-state index in [4.69, 9.17) is 4.74 Å². The highest BCUT2D eigenvalue weighted by molar-refractivity contribution is 5.94. The summed E-state index contributed by atoms with van der Waals surface area (Å²) in [6.07, 6.45) is 2.48. The SMILES string of the molecule is Cc1cc(C)n(-c2ccc(C(=O)N3CCC(Oc4ccc(F)cc4F)CC3)cn2)n1. The quantitative estimate of drug-likeness (QED) is 0.653. The number of hydrogen-bond donors (Lipinski definition) is 0. The monoisotopic (exact) mass is 412 g/mol. The molecule has 156 valence electrons. The number of rotatable bonds is 4. The van der Waals surface area contributed by atoms with Crippen LogP contribution in [0, 0.1) is 25.5 Å². The zero-order valence-corrected chi connectivity index (χ0v) is 16.8. The number of amides is 1. The second-order valence-corrected chi connectivity index (χ2v) is 7.43. The summed E-state index contributed by atoms with van der Waals surface area (Å²) in [5.41, 5.74) is 2.38. The predicted molar refractivity (Wildman–Crippen MR) is 107 cm³/mol. The van der Waals surface area contributed by atoms with Crippen LogP contribution in [-0.2, 0) is 0 Å². The van der Waals surface area contributed by atoms with Crippen LogP contribution in [0.4, 0.5) is 8.78 Å². The highest BCUT2D eigenvalue weighted by atomic mass is 19.1. The van der Waals surface area contributed by atoms with Gasteiger partial charge in [-0.25, -0.2) is 18.4 Å². The topological polar surface area (TPSA) is 60.2 Å². The number of carbonyl (C=O) groups is 1. The molecular formula is C22H22F2N4O2. The third-order valence-electron chi connectivity index (χ3n) is 5.14. The maximum Gasteiger partial charge on any atom is 0.255 e. The number of aromatic nitrogens is 3. The standard InChI is InChI=1S/C22H22F2N4O2/c1-14-11-15(2)28(26-14)21-6-3-16(13-25-21)22(29)27-9-7-18(8-10-27)30-20-5-4-17(23)12-19(20)24/h3-6,11-13,18H,7-10H2,1-2H3. The number of pyridine rings is 1. The van der Waals surface area contributed by atoms with Gasteiger partial charge < -0.3 is 9.64 Å². The first-order valence-electron chi connectivity index (χ1n) is 9.81. The van der Waals surface area contributed by atoms with E-state index >= 15 is 0 Å². The number of benzene rings is 1. The zero-order chi connectivity index (χ0) is 21.3. The van der Waals surface area contributed by atoms with Crippen LogP contribution < -0.4 is 4.74 Å². The van der Waals surface area contributed by atoms with Gasteiger partial charge in [-0.15, -0.1) is 0 Å². The molecule has 3 heterocycles. The molecule has 0 saturated carbocycles. The number of carbonyl (C=O) groups excluding carboxylic acids is 1. The zero-order valence-electron chi connectivity index (χ0n) is 16.8. The highest BCUT2D eigenvalue weighted by Gasteiger charge is 2.25. The average Bonchev–Trinajstić information content (AvgIpc) is 3.08. The van der Waals surface area contributed by atoms with Gasteiger partial charge in [-0.3, -0.25) is 4.79 Å². The Morgan fingerprint density at radius 3 is 2.47 bits per heavy atom. The molecule has 0 spiro atoms. The number of ether oxygens (including phenoxy) is 1. The molecule has 1 amide bonds. The molecule has 0 atom stereocenters. The number of aryl methyl sites for hydroxylation is 2. The van der Waals surface area contributed by atoms with Crippen LogP contribution >= 0.6 is 0 Å². The molecule has 0 radical (unpaired) electrons. The molecule has 0 N–H and O–H groups in total. The van der Waals surface area contributed by atoms with Gasteiger partial charge in [0.15, 0.2) is 17.4 Å². The van der Waals surface area contributed by atoms with Crippen LogP contribution in [0.2, 0.25) is 0 Å². The summed E-state index contributed by atoms with van der Waals surface area (Å²) in [5, 5.41) is 4.40. The van der Waals surface area contributed by atoms with E-state index in [2.05, 4.69) is 10.1 Å². The van der Waals surface area contributed by atoms with Crippen LogP contribution in [0.15, 0.2) is 42.6 Å². The van der Waals surface area contributed by atoms with Gasteiger partial charge in [-0.2, -0.15) is 5.10 Å². The molecule has 2 aromatic heterocycles. The lowest BCUT2D eigenvalue weighted by molar-refractivity contribution is 0.0588. The summed E-state index contributed by atoms with van der Waals surface area (Å²) in [6.45, 7) is 4.85. The fraction of sp³-hybridized carbons (Fsp3) is 0.318. The minimum absolute atomic E-state index is 0.0325. The lowest BCUT2D eigenvalue weighted by Gasteiger charge is -2.32. The van der Waals surface area contributed by atoms with Crippen molar-refractivity contribution in [3.63, 3.8) is 0 Å². The summed E-state index contributed by atoms with van der Waals surface area (Å²) in [7, 11) is 0. The Morgan fingerprint density at radius 2 is 1.87 bits per heavy atom. The summed E-state index contributed by atoms with van der Waals surface area (Å²) in [5.74, 6) is -0.774. The average molecular weight is 412 g/mol. The van der Waals surface area contributed by atoms with E-state index in [-0.39, 0.29) is 17.8 Å². The fourth-order valence-corrected chi connectivity index (χ4v) is 3.61. The first-order chi connectivity index (χ1) is 14.4. The van der Waals surface area contributed by atoms with Gasteiger partial charge in [0.25, 0.3) is 5.91 Å². The molecule has 6 nitrogen and oxygen atoms in total. The molecule has 1 aliphatic heterocycles. The third kappa shape index (κ3) is 4.17. The van der Waals surface area contributed by atoms with E-state index in [1.807, 2.05) is 19.9 Å². The number of piperidine rings is 1. The normalized spacial score (nSPS) is 14.7. The number of halogens is 2. The van der Waals surface area contributed by atoms with Gasteiger partial charge >= 0.3 is 0 Å². The minimum atomic E-state index is -0.720. The van der Waals surface area contributed by atoms with Gasteiger partial charge in [-0.1, -0.05) is 0 Å². The number of nitrogens with zero attached hydrogens (tertiary/aromatic N) is 4. The Kier molecular flexibility index (Phi) is 5.48. The third-order valence-corrected chi connectivity index (χ3v) is 5.14. The second kappa shape index (κ2) is 8.22. The van der Waals surface area contributed by atoms with Gasteiger partial charge in [-0.05, 0) is 44.2 Å². The molecule has 0 bridgehead atoms. The Labute approximate surface area is 173 Å². The first kappa shape index (κ1) is 20.0. The molecular weight excluding hydrogens is 390 g/mol. The van der Waals surface area contributed by atoms with Gasteiger partial charge in [0.1, 0.15) is 11.9 Å². The van der Waals surface area contributed by atoms with Crippen LogP contribution in [0.3, 0.4) is 0 Å². The van der Waals surface area contributed by atoms with Crippen LogP contribution in [-0.4, -0.2) is 44.8 Å². The molecule has 1 saturated heterocycles. The van der Waals surface area contributed by atoms with Crippen molar-refractivity contribution in [1.29, 1.82) is 0 Å². The molecule has 8 heteroatoms. The van der Waals surface area contributed by atoms with E-state index in [0.717, 1.165) is 17.5 Å². The Balaban J connectivity index is 1.36. The van der Waals surface area contributed by atoms with Crippen LogP contribution in [0.5, 0.6) is 5.75 Å². The van der Waals surface area contributed by atoms with E-state index in [1.54, 1.807) is 27.9 Å². The number of hydrogen-bond acceptors (Lipinski definition) is 4. The van der Waals surface area contributed by atoms with E-state index < -0.39 is 11.6 Å². The Hall–Kier alpha value is -3.29. The van der Waals surface area contributed by atoms with Crippen molar-refractivity contribution in [1.82, 2.24) is 19.7 Å². The lowest BCUT2D eigenvalue weighted by atomic mass is 10.1. The molecule has 3 aromatic rings. The summed E-state index contributed by atoms with van der Waals surface area (Å²) < 4.78 is 34.2. The maximum absolute atomic E-state index is 13.8. The first-order valence-corrected chi connectivity index (χ1v) is 9.81. The summed E-state index contributed by atoms with van der Waals surface area (Å²) in [4.78, 5) is 18.9. The van der Waals surface area contributed by atoms with Gasteiger partial charge in [0, 0.05) is 43.9 Å². The van der Waals surface area contributed by atoms with Crippen molar-refractivity contribution < 1.29 is 18.3 Å². The predicted octanol–water partition coefficient (Wildman–Crippen LogP) is 3.85. The maximum atomic E-state index is 13.8. The number of likely N-dealkylation sites (tertiary alicyclic amines) is 1. The fourth-order valence-electron chi connectivity index (χ4n) is 3.61. The molecule has 30 heavy (non-hydrogen) atoms. The van der Waals surface area contributed by atoms with Crippen molar-refractivity contribution in [2.45, 2.75) is 32.8 Å². The Bertz CT molecular complexity index is 1060. The van der Waals surface area contributed by atoms with Crippen LogP contribution in [0.1, 0.15) is 34.6 Å². The van der Waals surface area contributed by atoms with Crippen molar-refractivity contribution in [3.8, 4) is 11.6 Å². The van der Waals surface area contributed by atoms with Crippen molar-refractivity contribution >= 4 is 5.91 Å².